The molecule has 1 heterocycles. The van der Waals surface area contributed by atoms with Gasteiger partial charge in [0.05, 0.1) is 12.6 Å². The fraction of sp³-hybridized carbons (Fsp3) is 0.533. The van der Waals surface area contributed by atoms with E-state index in [9.17, 15) is 4.79 Å². The van der Waals surface area contributed by atoms with Crippen molar-refractivity contribution in [3.63, 3.8) is 0 Å². The second kappa shape index (κ2) is 6.17. The molecule has 104 valence electrons. The molecule has 1 amide bonds. The van der Waals surface area contributed by atoms with Crippen LogP contribution in [0.1, 0.15) is 24.9 Å². The van der Waals surface area contributed by atoms with Crippen LogP contribution >= 0.6 is 0 Å². The van der Waals surface area contributed by atoms with Crippen LogP contribution in [-0.4, -0.2) is 48.4 Å². The molecule has 0 spiro atoms. The van der Waals surface area contributed by atoms with Crippen LogP contribution in [-0.2, 0) is 4.79 Å². The zero-order valence-electron chi connectivity index (χ0n) is 11.7. The molecule has 1 fully saturated rings. The molecule has 1 aromatic rings. The van der Waals surface area contributed by atoms with E-state index in [2.05, 4.69) is 24.0 Å². The number of benzene rings is 1. The lowest BCUT2D eigenvalue weighted by atomic mass is 10.0. The largest absolute Gasteiger partial charge is 0.333 e. The Labute approximate surface area is 115 Å². The van der Waals surface area contributed by atoms with E-state index >= 15 is 0 Å². The highest BCUT2D eigenvalue weighted by atomic mass is 16.2. The summed E-state index contributed by atoms with van der Waals surface area (Å²) in [5, 5.41) is 0. The van der Waals surface area contributed by atoms with Crippen molar-refractivity contribution >= 4 is 5.91 Å². The molecule has 2 atom stereocenters. The van der Waals surface area contributed by atoms with Gasteiger partial charge in [-0.2, -0.15) is 0 Å². The van der Waals surface area contributed by atoms with Crippen LogP contribution in [0.4, 0.5) is 0 Å². The highest BCUT2D eigenvalue weighted by Gasteiger charge is 2.32. The monoisotopic (exact) mass is 261 g/mol. The van der Waals surface area contributed by atoms with E-state index in [1.165, 1.54) is 5.56 Å². The number of hydrogen-bond donors (Lipinski definition) is 1. The molecule has 4 heteroatoms. The first-order valence-corrected chi connectivity index (χ1v) is 6.88. The molecule has 2 N–H and O–H groups in total. The number of nitrogens with two attached hydrogens (primary N) is 1. The van der Waals surface area contributed by atoms with Gasteiger partial charge in [0.1, 0.15) is 0 Å². The van der Waals surface area contributed by atoms with Gasteiger partial charge in [-0.3, -0.25) is 9.69 Å². The van der Waals surface area contributed by atoms with Crippen molar-refractivity contribution in [3.05, 3.63) is 35.9 Å². The Balaban J connectivity index is 2.12. The summed E-state index contributed by atoms with van der Waals surface area (Å²) in [5.74, 6) is 0.201. The summed E-state index contributed by atoms with van der Waals surface area (Å²) in [6.07, 6.45) is 0.932. The average Bonchev–Trinajstić information content (AvgIpc) is 2.42. The molecule has 0 aliphatic carbocycles. The smallest absolute Gasteiger partial charge is 0.237 e. The summed E-state index contributed by atoms with van der Waals surface area (Å²) in [7, 11) is 2.00. The molecule has 0 aromatic heterocycles. The van der Waals surface area contributed by atoms with Gasteiger partial charge in [0.25, 0.3) is 0 Å². The second-order valence-electron chi connectivity index (χ2n) is 5.28. The third-order valence-corrected chi connectivity index (χ3v) is 3.99. The Morgan fingerprint density at radius 2 is 2.05 bits per heavy atom. The minimum atomic E-state index is 0.127. The molecular formula is C15H23N3O. The van der Waals surface area contributed by atoms with Crippen molar-refractivity contribution in [2.75, 3.05) is 26.7 Å². The molecule has 0 bridgehead atoms. The Morgan fingerprint density at radius 3 is 2.68 bits per heavy atom. The molecule has 19 heavy (non-hydrogen) atoms. The van der Waals surface area contributed by atoms with Crippen molar-refractivity contribution in [2.45, 2.75) is 25.4 Å². The third kappa shape index (κ3) is 3.14. The van der Waals surface area contributed by atoms with Crippen LogP contribution in [0.5, 0.6) is 0 Å². The van der Waals surface area contributed by atoms with Crippen molar-refractivity contribution < 1.29 is 4.79 Å². The summed E-state index contributed by atoms with van der Waals surface area (Å²) < 4.78 is 0. The van der Waals surface area contributed by atoms with E-state index in [4.69, 9.17) is 5.73 Å². The maximum atomic E-state index is 12.2. The Kier molecular flexibility index (Phi) is 4.56. The maximum absolute atomic E-state index is 12.2. The second-order valence-corrected chi connectivity index (χ2v) is 5.28. The van der Waals surface area contributed by atoms with Gasteiger partial charge in [-0.1, -0.05) is 30.3 Å². The number of nitrogens with zero attached hydrogens (tertiary/aromatic N) is 2. The maximum Gasteiger partial charge on any atom is 0.237 e. The van der Waals surface area contributed by atoms with E-state index < -0.39 is 0 Å². The van der Waals surface area contributed by atoms with Gasteiger partial charge in [-0.25, -0.2) is 0 Å². The topological polar surface area (TPSA) is 49.6 Å². The standard InChI is InChI=1S/C15H23N3O/c1-12(13-6-4-3-5-7-13)18-10-14(8-9-16)17(2)11-15(18)19/h3-7,12,14H,8-11,16H2,1-2H3. The van der Waals surface area contributed by atoms with Gasteiger partial charge in [0.2, 0.25) is 5.91 Å². The fourth-order valence-electron chi connectivity index (χ4n) is 2.69. The molecule has 1 saturated heterocycles. The number of piperazine rings is 1. The lowest BCUT2D eigenvalue weighted by Gasteiger charge is -2.42. The minimum absolute atomic E-state index is 0.127. The van der Waals surface area contributed by atoms with Crippen LogP contribution < -0.4 is 5.73 Å². The number of amides is 1. The molecule has 1 aromatic carbocycles. The van der Waals surface area contributed by atoms with Crippen LogP contribution in [0, 0.1) is 0 Å². The Bertz CT molecular complexity index is 421. The van der Waals surface area contributed by atoms with Crippen LogP contribution in [0.15, 0.2) is 30.3 Å². The highest BCUT2D eigenvalue weighted by Crippen LogP contribution is 2.24. The van der Waals surface area contributed by atoms with Crippen molar-refractivity contribution in [2.24, 2.45) is 5.73 Å². The molecular weight excluding hydrogens is 238 g/mol. The lowest BCUT2D eigenvalue weighted by Crippen LogP contribution is -2.55. The van der Waals surface area contributed by atoms with E-state index in [1.54, 1.807) is 0 Å². The first-order valence-electron chi connectivity index (χ1n) is 6.88. The quantitative estimate of drug-likeness (QED) is 0.887. The van der Waals surface area contributed by atoms with Crippen LogP contribution in [0.25, 0.3) is 0 Å². The van der Waals surface area contributed by atoms with Gasteiger partial charge < -0.3 is 10.6 Å². The van der Waals surface area contributed by atoms with E-state index in [0.717, 1.165) is 13.0 Å². The summed E-state index contributed by atoms with van der Waals surface area (Å²) >= 11 is 0. The molecule has 4 nitrogen and oxygen atoms in total. The number of likely N-dealkylation sites (N-methyl/N-ethyl adjacent to an activating group) is 1. The summed E-state index contributed by atoms with van der Waals surface area (Å²) in [6.45, 7) is 4.01. The summed E-state index contributed by atoms with van der Waals surface area (Å²) in [6, 6.07) is 10.7. The van der Waals surface area contributed by atoms with Gasteiger partial charge in [0.15, 0.2) is 0 Å². The van der Waals surface area contributed by atoms with Gasteiger partial charge in [0, 0.05) is 12.6 Å². The first-order chi connectivity index (χ1) is 9.13. The highest BCUT2D eigenvalue weighted by molar-refractivity contribution is 5.79. The minimum Gasteiger partial charge on any atom is -0.333 e. The normalized spacial score (nSPS) is 22.6. The van der Waals surface area contributed by atoms with E-state index in [1.807, 2.05) is 30.1 Å². The molecule has 0 radical (unpaired) electrons. The molecule has 1 aliphatic rings. The van der Waals surface area contributed by atoms with Gasteiger partial charge in [-0.05, 0) is 32.5 Å². The first kappa shape index (κ1) is 14.0. The number of hydrogen-bond acceptors (Lipinski definition) is 3. The number of rotatable bonds is 4. The fourth-order valence-corrected chi connectivity index (χ4v) is 2.69. The molecule has 1 aliphatic heterocycles. The molecule has 2 unspecified atom stereocenters. The molecule has 0 saturated carbocycles. The summed E-state index contributed by atoms with van der Waals surface area (Å²) in [4.78, 5) is 16.3. The zero-order valence-corrected chi connectivity index (χ0v) is 11.7. The summed E-state index contributed by atoms with van der Waals surface area (Å²) in [5.41, 5.74) is 6.85. The van der Waals surface area contributed by atoms with Crippen LogP contribution in [0.2, 0.25) is 0 Å². The van der Waals surface area contributed by atoms with Gasteiger partial charge >= 0.3 is 0 Å². The third-order valence-electron chi connectivity index (χ3n) is 3.99. The average molecular weight is 261 g/mol. The van der Waals surface area contributed by atoms with Crippen molar-refractivity contribution in [1.29, 1.82) is 0 Å². The zero-order chi connectivity index (χ0) is 13.8. The number of carbonyl (C=O) groups excluding carboxylic acids is 1. The lowest BCUT2D eigenvalue weighted by molar-refractivity contribution is -0.140. The van der Waals surface area contributed by atoms with Crippen molar-refractivity contribution in [3.8, 4) is 0 Å². The van der Waals surface area contributed by atoms with Gasteiger partial charge in [-0.15, -0.1) is 0 Å². The van der Waals surface area contributed by atoms with E-state index in [-0.39, 0.29) is 11.9 Å². The molecule has 2 rings (SSSR count). The van der Waals surface area contributed by atoms with E-state index in [0.29, 0.717) is 19.1 Å². The number of carbonyl (C=O) groups is 1. The van der Waals surface area contributed by atoms with Crippen LogP contribution in [0.3, 0.4) is 0 Å². The van der Waals surface area contributed by atoms with Crippen molar-refractivity contribution in [1.82, 2.24) is 9.80 Å². The predicted octanol–water partition coefficient (Wildman–Crippen LogP) is 1.24. The predicted molar refractivity (Wildman–Crippen MR) is 76.7 cm³/mol. The Morgan fingerprint density at radius 1 is 1.37 bits per heavy atom. The SMILES string of the molecule is CC(c1ccccc1)N1CC(CCN)N(C)CC1=O. The Hall–Kier alpha value is -1.39.